The molecule has 0 aliphatic rings. The summed E-state index contributed by atoms with van der Waals surface area (Å²) in [7, 11) is 1.66. The van der Waals surface area contributed by atoms with E-state index in [1.807, 2.05) is 30.3 Å². The fourth-order valence-corrected chi connectivity index (χ4v) is 3.05. The minimum Gasteiger partial charge on any atom is -0.497 e. The molecule has 0 saturated carbocycles. The number of ether oxygens (including phenoxy) is 1. The van der Waals surface area contributed by atoms with Crippen LogP contribution in [0.15, 0.2) is 41.6 Å². The zero-order chi connectivity index (χ0) is 14.8. The lowest BCUT2D eigenvalue weighted by Crippen LogP contribution is -1.93. The van der Waals surface area contributed by atoms with Crippen LogP contribution in [0.5, 0.6) is 5.75 Å². The summed E-state index contributed by atoms with van der Waals surface area (Å²) < 4.78 is 5.22. The lowest BCUT2D eigenvalue weighted by Gasteiger charge is -2.05. The first-order chi connectivity index (χ1) is 10.2. The van der Waals surface area contributed by atoms with Crippen LogP contribution in [0, 0.1) is 6.92 Å². The number of aryl methyl sites for hydroxylation is 1. The third-order valence-corrected chi connectivity index (χ3v) is 4.25. The van der Waals surface area contributed by atoms with E-state index < -0.39 is 0 Å². The first-order valence-electron chi connectivity index (χ1n) is 6.67. The van der Waals surface area contributed by atoms with Gasteiger partial charge in [0.1, 0.15) is 5.75 Å². The van der Waals surface area contributed by atoms with Crippen molar-refractivity contribution >= 4 is 28.5 Å². The number of nitrogen functional groups attached to an aromatic ring is 1. The Kier molecular flexibility index (Phi) is 3.75. The van der Waals surface area contributed by atoms with Crippen LogP contribution in [0.1, 0.15) is 11.1 Å². The van der Waals surface area contributed by atoms with Crippen LogP contribution >= 0.6 is 11.8 Å². The first-order valence-corrected chi connectivity index (χ1v) is 7.66. The van der Waals surface area contributed by atoms with Gasteiger partial charge in [-0.3, -0.25) is 0 Å². The predicted molar refractivity (Wildman–Crippen MR) is 87.8 cm³/mol. The summed E-state index contributed by atoms with van der Waals surface area (Å²) in [6.07, 6.45) is 0. The number of nitrogens with one attached hydrogen (secondary N) is 1. The van der Waals surface area contributed by atoms with Crippen LogP contribution < -0.4 is 10.5 Å². The third kappa shape index (κ3) is 2.97. The molecule has 1 aromatic heterocycles. The second-order valence-electron chi connectivity index (χ2n) is 4.92. The maximum Gasteiger partial charge on any atom is 0.166 e. The predicted octanol–water partition coefficient (Wildman–Crippen LogP) is 3.75. The normalized spacial score (nSPS) is 11.0. The Bertz CT molecular complexity index is 782. The van der Waals surface area contributed by atoms with E-state index in [0.29, 0.717) is 0 Å². The second kappa shape index (κ2) is 5.69. The highest BCUT2D eigenvalue weighted by Gasteiger charge is 2.06. The zero-order valence-corrected chi connectivity index (χ0v) is 12.8. The van der Waals surface area contributed by atoms with E-state index in [0.717, 1.165) is 38.9 Å². The molecule has 0 aliphatic heterocycles. The van der Waals surface area contributed by atoms with Crippen molar-refractivity contribution in [2.24, 2.45) is 0 Å². The smallest absolute Gasteiger partial charge is 0.166 e. The number of fused-ring (bicyclic) bond motifs is 1. The number of aromatic nitrogens is 2. The molecule has 0 fully saturated rings. The summed E-state index contributed by atoms with van der Waals surface area (Å²) in [6.45, 7) is 2.07. The van der Waals surface area contributed by atoms with Gasteiger partial charge in [0.05, 0.1) is 18.1 Å². The van der Waals surface area contributed by atoms with Crippen LogP contribution in [0.4, 0.5) is 5.69 Å². The highest BCUT2D eigenvalue weighted by Crippen LogP contribution is 2.27. The van der Waals surface area contributed by atoms with Crippen LogP contribution in [0.25, 0.3) is 11.0 Å². The average molecular weight is 299 g/mol. The van der Waals surface area contributed by atoms with Gasteiger partial charge >= 0.3 is 0 Å². The summed E-state index contributed by atoms with van der Waals surface area (Å²) in [6, 6.07) is 11.9. The van der Waals surface area contributed by atoms with E-state index in [-0.39, 0.29) is 0 Å². The number of nitrogens with two attached hydrogens (primary N) is 1. The lowest BCUT2D eigenvalue weighted by atomic mass is 10.1. The molecule has 21 heavy (non-hydrogen) atoms. The molecule has 0 amide bonds. The third-order valence-electron chi connectivity index (χ3n) is 3.33. The van der Waals surface area contributed by atoms with Gasteiger partial charge in [0.2, 0.25) is 0 Å². The zero-order valence-electron chi connectivity index (χ0n) is 12.0. The van der Waals surface area contributed by atoms with Gasteiger partial charge in [-0.1, -0.05) is 29.5 Å². The molecule has 3 aromatic rings. The second-order valence-corrected chi connectivity index (χ2v) is 5.88. The van der Waals surface area contributed by atoms with E-state index in [1.54, 1.807) is 18.9 Å². The molecular formula is C16H17N3OS. The van der Waals surface area contributed by atoms with Gasteiger partial charge < -0.3 is 15.5 Å². The van der Waals surface area contributed by atoms with Crippen molar-refractivity contribution < 1.29 is 4.74 Å². The number of imidazole rings is 1. The average Bonchev–Trinajstić information content (AvgIpc) is 2.89. The van der Waals surface area contributed by atoms with Crippen molar-refractivity contribution in [2.45, 2.75) is 17.8 Å². The van der Waals surface area contributed by atoms with Crippen molar-refractivity contribution in [3.8, 4) is 5.75 Å². The largest absolute Gasteiger partial charge is 0.497 e. The summed E-state index contributed by atoms with van der Waals surface area (Å²) in [5, 5.41) is 0.888. The number of hydrogen-bond donors (Lipinski definition) is 2. The Labute approximate surface area is 127 Å². The minimum atomic E-state index is 0.796. The van der Waals surface area contributed by atoms with Gasteiger partial charge in [-0.2, -0.15) is 0 Å². The van der Waals surface area contributed by atoms with E-state index >= 15 is 0 Å². The van der Waals surface area contributed by atoms with Crippen LogP contribution in [0.3, 0.4) is 0 Å². The summed E-state index contributed by atoms with van der Waals surface area (Å²) in [5.41, 5.74) is 11.1. The Morgan fingerprint density at radius 3 is 2.90 bits per heavy atom. The van der Waals surface area contributed by atoms with Crippen molar-refractivity contribution in [3.05, 3.63) is 47.5 Å². The van der Waals surface area contributed by atoms with Crippen molar-refractivity contribution in [1.82, 2.24) is 9.97 Å². The van der Waals surface area contributed by atoms with Crippen molar-refractivity contribution in [3.63, 3.8) is 0 Å². The molecule has 1 heterocycles. The monoisotopic (exact) mass is 299 g/mol. The maximum atomic E-state index is 6.01. The number of thioether (sulfide) groups is 1. The van der Waals surface area contributed by atoms with Crippen LogP contribution in [-0.2, 0) is 5.75 Å². The fourth-order valence-electron chi connectivity index (χ4n) is 2.17. The van der Waals surface area contributed by atoms with Crippen LogP contribution in [0.2, 0.25) is 0 Å². The molecule has 0 aliphatic carbocycles. The molecule has 0 saturated heterocycles. The quantitative estimate of drug-likeness (QED) is 0.569. The highest BCUT2D eigenvalue weighted by molar-refractivity contribution is 7.98. The molecular weight excluding hydrogens is 282 g/mol. The number of H-pyrrole nitrogens is 1. The Morgan fingerprint density at radius 1 is 1.24 bits per heavy atom. The Morgan fingerprint density at radius 2 is 2.10 bits per heavy atom. The number of aromatic amines is 1. The SMILES string of the molecule is COc1ccc2nc(SCc3cc(C)ccc3N)[nH]c2c1. The molecule has 0 atom stereocenters. The van der Waals surface area contributed by atoms with Gasteiger partial charge in [-0.15, -0.1) is 0 Å². The van der Waals surface area contributed by atoms with Gasteiger partial charge in [-0.25, -0.2) is 4.98 Å². The summed E-state index contributed by atoms with van der Waals surface area (Å²) in [4.78, 5) is 7.87. The molecule has 0 unspecified atom stereocenters. The highest BCUT2D eigenvalue weighted by atomic mass is 32.2. The summed E-state index contributed by atoms with van der Waals surface area (Å²) >= 11 is 1.65. The minimum absolute atomic E-state index is 0.796. The van der Waals surface area contributed by atoms with E-state index in [4.69, 9.17) is 10.5 Å². The number of nitrogens with zero attached hydrogens (tertiary/aromatic N) is 1. The van der Waals surface area contributed by atoms with Crippen molar-refractivity contribution in [1.29, 1.82) is 0 Å². The van der Waals surface area contributed by atoms with Gasteiger partial charge in [0, 0.05) is 17.5 Å². The molecule has 5 heteroatoms. The van der Waals surface area contributed by atoms with E-state index in [1.165, 1.54) is 5.56 Å². The molecule has 0 radical (unpaired) electrons. The maximum absolute atomic E-state index is 6.01. The van der Waals surface area contributed by atoms with E-state index in [2.05, 4.69) is 23.0 Å². The molecule has 3 rings (SSSR count). The fraction of sp³-hybridized carbons (Fsp3) is 0.188. The number of hydrogen-bond acceptors (Lipinski definition) is 4. The number of methoxy groups -OCH3 is 1. The number of anilines is 1. The van der Waals surface area contributed by atoms with E-state index in [9.17, 15) is 0 Å². The topological polar surface area (TPSA) is 63.9 Å². The Hall–Kier alpha value is -2.14. The molecule has 0 bridgehead atoms. The molecule has 0 spiro atoms. The molecule has 2 aromatic carbocycles. The molecule has 108 valence electrons. The lowest BCUT2D eigenvalue weighted by molar-refractivity contribution is 0.415. The van der Waals surface area contributed by atoms with Crippen LogP contribution in [-0.4, -0.2) is 17.1 Å². The number of rotatable bonds is 4. The Balaban J connectivity index is 1.80. The first kappa shape index (κ1) is 13.8. The summed E-state index contributed by atoms with van der Waals surface area (Å²) in [5.74, 6) is 1.62. The number of benzene rings is 2. The molecule has 3 N–H and O–H groups in total. The van der Waals surface area contributed by atoms with Crippen molar-refractivity contribution in [2.75, 3.05) is 12.8 Å². The molecule has 4 nitrogen and oxygen atoms in total. The standard InChI is InChI=1S/C16H17N3OS/c1-10-3-5-13(17)11(7-10)9-21-16-18-14-6-4-12(20-2)8-15(14)19-16/h3-8H,9,17H2,1-2H3,(H,18,19). The van der Waals surface area contributed by atoms with Gasteiger partial charge in [0.15, 0.2) is 5.16 Å². The van der Waals surface area contributed by atoms with Gasteiger partial charge in [-0.05, 0) is 30.7 Å². The van der Waals surface area contributed by atoms with Gasteiger partial charge in [0.25, 0.3) is 0 Å².